The summed E-state index contributed by atoms with van der Waals surface area (Å²) < 4.78 is 18.3. The van der Waals surface area contributed by atoms with Crippen LogP contribution in [0.15, 0.2) is 12.2 Å². The van der Waals surface area contributed by atoms with Crippen molar-refractivity contribution in [1.29, 1.82) is 0 Å². The van der Waals surface area contributed by atoms with E-state index >= 15 is 0 Å². The molecule has 0 aliphatic rings. The maximum Gasteiger partial charge on any atom is 0.385 e. The third kappa shape index (κ3) is 16.5. The lowest BCUT2D eigenvalue weighted by Gasteiger charge is -2.35. The molecule has 4 nitrogen and oxygen atoms in total. The van der Waals surface area contributed by atoms with Gasteiger partial charge in [-0.1, -0.05) is 90.2 Å². The van der Waals surface area contributed by atoms with Gasteiger partial charge in [-0.05, 0) is 32.1 Å². The molecule has 1 N–H and O–H groups in total. The van der Waals surface area contributed by atoms with Crippen LogP contribution in [0, 0.1) is 0 Å². The van der Waals surface area contributed by atoms with Crippen molar-refractivity contribution < 1.29 is 18.5 Å². The summed E-state index contributed by atoms with van der Waals surface area (Å²) in [5, 5.41) is 0. The summed E-state index contributed by atoms with van der Waals surface area (Å²) >= 11 is 0. The largest absolute Gasteiger partial charge is 0.385 e. The molecule has 0 heterocycles. The Kier molecular flexibility index (Phi) is 18.3. The minimum atomic E-state index is -3.55. The van der Waals surface area contributed by atoms with E-state index in [9.17, 15) is 9.46 Å². The Morgan fingerprint density at radius 1 is 0.767 bits per heavy atom. The van der Waals surface area contributed by atoms with Crippen molar-refractivity contribution >= 4 is 7.60 Å². The topological polar surface area (TPSA) is 46.5 Å². The number of hydrogen-bond donors (Lipinski definition) is 1. The van der Waals surface area contributed by atoms with Crippen LogP contribution in [0.4, 0.5) is 0 Å². The lowest BCUT2D eigenvalue weighted by Crippen LogP contribution is -2.44. The van der Waals surface area contributed by atoms with Gasteiger partial charge in [-0.2, -0.15) is 0 Å². The zero-order chi connectivity index (χ0) is 22.7. The molecule has 0 aromatic heterocycles. The summed E-state index contributed by atoms with van der Waals surface area (Å²) in [6.45, 7) is 4.61. The van der Waals surface area contributed by atoms with E-state index in [0.717, 1.165) is 12.8 Å². The minimum absolute atomic E-state index is 0.352. The Morgan fingerprint density at radius 3 is 1.63 bits per heavy atom. The molecule has 0 fully saturated rings. The molecule has 0 saturated carbocycles. The molecule has 2 atom stereocenters. The molecule has 0 bridgehead atoms. The molecule has 0 radical (unpaired) electrons. The van der Waals surface area contributed by atoms with Gasteiger partial charge in [0.15, 0.2) is 5.78 Å². The predicted molar refractivity (Wildman–Crippen MR) is 132 cm³/mol. The van der Waals surface area contributed by atoms with Crippen LogP contribution in [0.2, 0.25) is 0 Å². The van der Waals surface area contributed by atoms with Crippen LogP contribution >= 0.6 is 7.60 Å². The van der Waals surface area contributed by atoms with Crippen LogP contribution < -0.4 is 0 Å². The molecule has 0 aliphatic heterocycles. The Hall–Kier alpha value is -0.150. The van der Waals surface area contributed by atoms with E-state index < -0.39 is 7.60 Å². The first kappa shape index (κ1) is 29.9. The van der Waals surface area contributed by atoms with Gasteiger partial charge in [0, 0.05) is 6.42 Å². The van der Waals surface area contributed by atoms with E-state index in [1.54, 1.807) is 0 Å². The van der Waals surface area contributed by atoms with Gasteiger partial charge in [0.05, 0.1) is 27.7 Å². The van der Waals surface area contributed by atoms with Crippen LogP contribution in [-0.2, 0) is 9.09 Å². The number of unbranched alkanes of at least 4 members (excludes halogenated alkanes) is 13. The second-order valence-electron chi connectivity index (χ2n) is 9.69. The van der Waals surface area contributed by atoms with E-state index in [4.69, 9.17) is 4.52 Å². The highest BCUT2D eigenvalue weighted by atomic mass is 31.2. The Labute approximate surface area is 188 Å². The van der Waals surface area contributed by atoms with Crippen molar-refractivity contribution in [2.24, 2.45) is 0 Å². The van der Waals surface area contributed by atoms with E-state index in [2.05, 4.69) is 19.1 Å². The third-order valence-electron chi connectivity index (χ3n) is 5.82. The number of rotatable bonds is 21. The monoisotopic (exact) mass is 446 g/mol. The van der Waals surface area contributed by atoms with Gasteiger partial charge >= 0.3 is 7.60 Å². The maximum atomic E-state index is 12.5. The summed E-state index contributed by atoms with van der Waals surface area (Å²) in [6.07, 6.45) is 24.5. The Bertz CT molecular complexity index is 460. The van der Waals surface area contributed by atoms with Crippen LogP contribution in [0.5, 0.6) is 0 Å². The van der Waals surface area contributed by atoms with Crippen molar-refractivity contribution in [2.75, 3.05) is 27.7 Å². The van der Waals surface area contributed by atoms with Gasteiger partial charge in [0.25, 0.3) is 0 Å². The molecule has 0 saturated heterocycles. The molecular weight excluding hydrogens is 393 g/mol. The van der Waals surface area contributed by atoms with Gasteiger partial charge in [0.2, 0.25) is 0 Å². The lowest BCUT2D eigenvalue weighted by atomic mass is 10.1. The molecule has 0 aromatic rings. The van der Waals surface area contributed by atoms with Gasteiger partial charge < -0.3 is 13.9 Å². The van der Waals surface area contributed by atoms with Gasteiger partial charge in [-0.15, -0.1) is 0 Å². The number of allylic oxidation sites excluding steroid dienone is 2. The fourth-order valence-electron chi connectivity index (χ4n) is 4.02. The molecule has 0 spiro atoms. The van der Waals surface area contributed by atoms with Crippen molar-refractivity contribution in [1.82, 2.24) is 0 Å². The van der Waals surface area contributed by atoms with Crippen LogP contribution in [0.25, 0.3) is 0 Å². The second kappa shape index (κ2) is 18.4. The van der Waals surface area contributed by atoms with E-state index in [1.807, 2.05) is 28.1 Å². The molecular formula is C25H53NO3P+. The fourth-order valence-corrected chi connectivity index (χ4v) is 5.92. The predicted octanol–water partition coefficient (Wildman–Crippen LogP) is 8.06. The average molecular weight is 447 g/mol. The minimum Gasteiger partial charge on any atom is -0.320 e. The number of hydrogen-bond acceptors (Lipinski definition) is 2. The number of nitrogens with zero attached hydrogens (tertiary/aromatic N) is 1. The summed E-state index contributed by atoms with van der Waals surface area (Å²) in [5.74, 6) is -0.352. The van der Waals surface area contributed by atoms with Crippen molar-refractivity contribution in [3.05, 3.63) is 12.2 Å². The zero-order valence-electron chi connectivity index (χ0n) is 20.9. The molecule has 2 unspecified atom stereocenters. The lowest BCUT2D eigenvalue weighted by molar-refractivity contribution is -0.883. The molecule has 30 heavy (non-hydrogen) atoms. The SMILES string of the molecule is CCCCCCCCCC/C=C\CCCCCCCOP(=O)(O)C(CC)[N+](C)(C)C. The Balaban J connectivity index is 3.52. The van der Waals surface area contributed by atoms with Gasteiger partial charge in [-0.25, -0.2) is 0 Å². The first-order chi connectivity index (χ1) is 14.3. The van der Waals surface area contributed by atoms with Gasteiger partial charge in [-0.3, -0.25) is 4.57 Å². The molecule has 0 aromatic carbocycles. The number of quaternary nitrogens is 1. The first-order valence-electron chi connectivity index (χ1n) is 12.7. The second-order valence-corrected chi connectivity index (χ2v) is 11.7. The third-order valence-corrected chi connectivity index (χ3v) is 8.18. The molecule has 5 heteroatoms. The van der Waals surface area contributed by atoms with Crippen molar-refractivity contribution in [3.63, 3.8) is 0 Å². The van der Waals surface area contributed by atoms with Crippen molar-refractivity contribution in [3.8, 4) is 0 Å². The van der Waals surface area contributed by atoms with Crippen LogP contribution in [0.3, 0.4) is 0 Å². The molecule has 0 amide bonds. The van der Waals surface area contributed by atoms with Crippen LogP contribution in [-0.4, -0.2) is 42.9 Å². The summed E-state index contributed by atoms with van der Waals surface area (Å²) in [7, 11) is 2.29. The van der Waals surface area contributed by atoms with E-state index in [-0.39, 0.29) is 5.78 Å². The highest BCUT2D eigenvalue weighted by Gasteiger charge is 2.41. The highest BCUT2D eigenvalue weighted by Crippen LogP contribution is 2.51. The van der Waals surface area contributed by atoms with Crippen molar-refractivity contribution in [2.45, 2.75) is 122 Å². The Morgan fingerprint density at radius 2 is 1.20 bits per heavy atom. The van der Waals surface area contributed by atoms with Crippen LogP contribution in [0.1, 0.15) is 117 Å². The quantitative estimate of drug-likeness (QED) is 0.0839. The maximum absolute atomic E-state index is 12.5. The van der Waals surface area contributed by atoms with E-state index in [0.29, 0.717) is 17.5 Å². The smallest absolute Gasteiger partial charge is 0.320 e. The zero-order valence-corrected chi connectivity index (χ0v) is 21.8. The molecule has 0 aliphatic carbocycles. The standard InChI is InChI=1S/C25H52NO3P/c1-6-8-9-10-11-12-13-14-15-16-17-18-19-20-21-22-23-24-29-30(27,28)25(7-2)26(3,4)5/h16-17,25H,6-15,18-24H2,1-5H3/p+1/b17-16-. The normalized spacial score (nSPS) is 15.5. The summed E-state index contributed by atoms with van der Waals surface area (Å²) in [5.41, 5.74) is 0. The first-order valence-corrected chi connectivity index (χ1v) is 14.3. The highest BCUT2D eigenvalue weighted by molar-refractivity contribution is 7.53. The molecule has 180 valence electrons. The summed E-state index contributed by atoms with van der Waals surface area (Å²) in [4.78, 5) is 10.3. The summed E-state index contributed by atoms with van der Waals surface area (Å²) in [6, 6.07) is 0. The average Bonchev–Trinajstić information content (AvgIpc) is 2.66. The van der Waals surface area contributed by atoms with Gasteiger partial charge in [0.1, 0.15) is 0 Å². The molecule has 0 rings (SSSR count). The fraction of sp³-hybridized carbons (Fsp3) is 0.920. The van der Waals surface area contributed by atoms with E-state index in [1.165, 1.54) is 83.5 Å².